The number of nitro groups is 1. The van der Waals surface area contributed by atoms with Crippen molar-refractivity contribution in [1.82, 2.24) is 10.2 Å². The van der Waals surface area contributed by atoms with Crippen molar-refractivity contribution in [2.24, 2.45) is 0 Å². The van der Waals surface area contributed by atoms with Gasteiger partial charge in [-0.1, -0.05) is 0 Å². The van der Waals surface area contributed by atoms with Gasteiger partial charge in [0.15, 0.2) is 18.5 Å². The van der Waals surface area contributed by atoms with Crippen LogP contribution in [0, 0.1) is 10.1 Å². The van der Waals surface area contributed by atoms with Crippen LogP contribution in [0.5, 0.6) is 5.75 Å². The highest BCUT2D eigenvalue weighted by Gasteiger charge is 2.20. The molecule has 0 N–H and O–H groups in total. The SMILES string of the molecule is CC(=O)c1ccc(OCC(=O)OC(C)c2nnc(-c3ccc([N+](=O)[O-])cc3)o2)cc1. The molecule has 0 aliphatic carbocycles. The standard InChI is InChI=1S/C20H17N3O7/c1-12(24)14-5-9-17(10-6-14)28-11-18(25)29-13(2)19-21-22-20(30-19)15-3-7-16(8-4-15)23(26)27/h3-10,13H,11H2,1-2H3. The second-order valence-electron chi connectivity index (χ2n) is 6.25. The van der Waals surface area contributed by atoms with Crippen LogP contribution in [0.4, 0.5) is 5.69 Å². The second-order valence-corrected chi connectivity index (χ2v) is 6.25. The largest absolute Gasteiger partial charge is 0.482 e. The van der Waals surface area contributed by atoms with Gasteiger partial charge in [0.1, 0.15) is 5.75 Å². The Kier molecular flexibility index (Phi) is 6.16. The molecule has 1 unspecified atom stereocenters. The zero-order valence-electron chi connectivity index (χ0n) is 16.1. The Bertz CT molecular complexity index is 1060. The first kappa shape index (κ1) is 20.6. The number of ether oxygens (including phenoxy) is 2. The van der Waals surface area contributed by atoms with Crippen molar-refractivity contribution in [1.29, 1.82) is 0 Å². The summed E-state index contributed by atoms with van der Waals surface area (Å²) in [6, 6.07) is 12.0. The van der Waals surface area contributed by atoms with Gasteiger partial charge in [-0.15, -0.1) is 10.2 Å². The summed E-state index contributed by atoms with van der Waals surface area (Å²) in [7, 11) is 0. The van der Waals surface area contributed by atoms with E-state index < -0.39 is 17.0 Å². The lowest BCUT2D eigenvalue weighted by Crippen LogP contribution is -2.17. The number of nitrogens with zero attached hydrogens (tertiary/aromatic N) is 3. The molecule has 0 spiro atoms. The third-order valence-corrected chi connectivity index (χ3v) is 4.04. The predicted octanol–water partition coefficient (Wildman–Crippen LogP) is 3.53. The third kappa shape index (κ3) is 5.04. The summed E-state index contributed by atoms with van der Waals surface area (Å²) in [6.07, 6.45) is -0.819. The third-order valence-electron chi connectivity index (χ3n) is 4.04. The first-order chi connectivity index (χ1) is 14.3. The molecule has 0 saturated heterocycles. The van der Waals surface area contributed by atoms with Crippen LogP contribution in [0.15, 0.2) is 52.9 Å². The molecule has 3 aromatic rings. The highest BCUT2D eigenvalue weighted by Crippen LogP contribution is 2.24. The van der Waals surface area contributed by atoms with Gasteiger partial charge in [-0.2, -0.15) is 0 Å². The number of carbonyl (C=O) groups is 2. The average molecular weight is 411 g/mol. The molecule has 154 valence electrons. The highest BCUT2D eigenvalue weighted by molar-refractivity contribution is 5.94. The van der Waals surface area contributed by atoms with Crippen molar-refractivity contribution in [2.45, 2.75) is 20.0 Å². The van der Waals surface area contributed by atoms with Crippen molar-refractivity contribution < 1.29 is 28.4 Å². The first-order valence-electron chi connectivity index (χ1n) is 8.85. The molecule has 3 rings (SSSR count). The lowest BCUT2D eigenvalue weighted by atomic mass is 10.1. The number of hydrogen-bond donors (Lipinski definition) is 0. The monoisotopic (exact) mass is 411 g/mol. The van der Waals surface area contributed by atoms with E-state index in [2.05, 4.69) is 10.2 Å². The van der Waals surface area contributed by atoms with E-state index in [0.717, 1.165) is 0 Å². The van der Waals surface area contributed by atoms with Crippen molar-refractivity contribution in [2.75, 3.05) is 6.61 Å². The maximum atomic E-state index is 12.0. The van der Waals surface area contributed by atoms with E-state index in [1.54, 1.807) is 31.2 Å². The Labute approximate surface area is 170 Å². The molecule has 0 aliphatic rings. The molecule has 0 amide bonds. The quantitative estimate of drug-likeness (QED) is 0.236. The van der Waals surface area contributed by atoms with Gasteiger partial charge >= 0.3 is 5.97 Å². The van der Waals surface area contributed by atoms with Crippen LogP contribution in [0.2, 0.25) is 0 Å². The maximum absolute atomic E-state index is 12.0. The van der Waals surface area contributed by atoms with E-state index in [0.29, 0.717) is 16.9 Å². The lowest BCUT2D eigenvalue weighted by molar-refractivity contribution is -0.384. The fourth-order valence-electron chi connectivity index (χ4n) is 2.45. The smallest absolute Gasteiger partial charge is 0.344 e. The number of nitro benzene ring substituents is 1. The molecule has 0 saturated carbocycles. The molecule has 30 heavy (non-hydrogen) atoms. The Morgan fingerprint density at radius 1 is 1.10 bits per heavy atom. The number of hydrogen-bond acceptors (Lipinski definition) is 9. The Balaban J connectivity index is 1.55. The number of carbonyl (C=O) groups excluding carboxylic acids is 2. The van der Waals surface area contributed by atoms with Gasteiger partial charge < -0.3 is 13.9 Å². The summed E-state index contributed by atoms with van der Waals surface area (Å²) in [5.41, 5.74) is 0.978. The minimum absolute atomic E-state index is 0.0586. The van der Waals surface area contributed by atoms with Gasteiger partial charge in [-0.05, 0) is 50.2 Å². The summed E-state index contributed by atoms with van der Waals surface area (Å²) < 4.78 is 16.0. The van der Waals surface area contributed by atoms with Crippen LogP contribution in [0.1, 0.15) is 36.2 Å². The normalized spacial score (nSPS) is 11.5. The van der Waals surface area contributed by atoms with Crippen LogP contribution in [-0.4, -0.2) is 33.5 Å². The number of benzene rings is 2. The van der Waals surface area contributed by atoms with Crippen LogP contribution in [0.25, 0.3) is 11.5 Å². The zero-order valence-corrected chi connectivity index (χ0v) is 16.1. The molecule has 0 radical (unpaired) electrons. The fourth-order valence-corrected chi connectivity index (χ4v) is 2.45. The van der Waals surface area contributed by atoms with Crippen LogP contribution in [0.3, 0.4) is 0 Å². The lowest BCUT2D eigenvalue weighted by Gasteiger charge is -2.10. The molecule has 10 heteroatoms. The van der Waals surface area contributed by atoms with Gasteiger partial charge in [0.05, 0.1) is 4.92 Å². The average Bonchev–Trinajstić information content (AvgIpc) is 3.23. The Hall–Kier alpha value is -4.08. The molecule has 0 bridgehead atoms. The molecule has 1 atom stereocenters. The van der Waals surface area contributed by atoms with Crippen molar-refractivity contribution in [3.8, 4) is 17.2 Å². The minimum atomic E-state index is -0.819. The van der Waals surface area contributed by atoms with E-state index in [1.165, 1.54) is 31.2 Å². The van der Waals surface area contributed by atoms with Gasteiger partial charge in [0.2, 0.25) is 5.89 Å². The van der Waals surface area contributed by atoms with Crippen molar-refractivity contribution >= 4 is 17.4 Å². The molecule has 0 fully saturated rings. The molecule has 10 nitrogen and oxygen atoms in total. The highest BCUT2D eigenvalue weighted by atomic mass is 16.6. The molecule has 1 aromatic heterocycles. The van der Waals surface area contributed by atoms with Gasteiger partial charge in [-0.25, -0.2) is 4.79 Å². The zero-order chi connectivity index (χ0) is 21.7. The summed E-state index contributed by atoms with van der Waals surface area (Å²) in [5, 5.41) is 18.4. The van der Waals surface area contributed by atoms with Gasteiger partial charge in [-0.3, -0.25) is 14.9 Å². The minimum Gasteiger partial charge on any atom is -0.482 e. The number of Topliss-reactive ketones (excluding diaryl/α,β-unsaturated/α-hetero) is 1. The topological polar surface area (TPSA) is 135 Å². The Morgan fingerprint density at radius 2 is 1.77 bits per heavy atom. The molecular weight excluding hydrogens is 394 g/mol. The number of esters is 1. The van der Waals surface area contributed by atoms with E-state index >= 15 is 0 Å². The number of non-ortho nitro benzene ring substituents is 1. The van der Waals surface area contributed by atoms with E-state index in [-0.39, 0.29) is 29.9 Å². The van der Waals surface area contributed by atoms with E-state index in [4.69, 9.17) is 13.9 Å². The summed E-state index contributed by atoms with van der Waals surface area (Å²) in [6.45, 7) is 2.68. The van der Waals surface area contributed by atoms with Crippen LogP contribution >= 0.6 is 0 Å². The van der Waals surface area contributed by atoms with Gasteiger partial charge in [0.25, 0.3) is 11.6 Å². The van der Waals surface area contributed by atoms with Crippen molar-refractivity contribution in [3.63, 3.8) is 0 Å². The number of aromatic nitrogens is 2. The summed E-state index contributed by atoms with van der Waals surface area (Å²) in [4.78, 5) is 33.5. The first-order valence-corrected chi connectivity index (χ1v) is 8.85. The number of ketones is 1. The fraction of sp³-hybridized carbons (Fsp3) is 0.200. The molecular formula is C20H17N3O7. The molecule has 1 heterocycles. The van der Waals surface area contributed by atoms with E-state index in [9.17, 15) is 19.7 Å². The summed E-state index contributed by atoms with van der Waals surface area (Å²) in [5.74, 6) is -0.0781. The van der Waals surface area contributed by atoms with Gasteiger partial charge in [0, 0.05) is 23.3 Å². The summed E-state index contributed by atoms with van der Waals surface area (Å²) >= 11 is 0. The maximum Gasteiger partial charge on any atom is 0.344 e. The predicted molar refractivity (Wildman–Crippen MR) is 103 cm³/mol. The van der Waals surface area contributed by atoms with Crippen LogP contribution < -0.4 is 4.74 Å². The number of rotatable bonds is 8. The second kappa shape index (κ2) is 8.95. The molecule has 2 aromatic carbocycles. The van der Waals surface area contributed by atoms with Crippen LogP contribution in [-0.2, 0) is 9.53 Å². The van der Waals surface area contributed by atoms with E-state index in [1.807, 2.05) is 0 Å². The Morgan fingerprint density at radius 3 is 2.37 bits per heavy atom. The van der Waals surface area contributed by atoms with Crippen molar-refractivity contribution in [3.05, 3.63) is 70.1 Å². The molecule has 0 aliphatic heterocycles.